The average molecular weight is 1050 g/mol. The molecule has 6 aromatic rings. The number of esters is 1. The number of carboxylic acids is 1. The van der Waals surface area contributed by atoms with Gasteiger partial charge < -0.3 is 34.1 Å². The number of nitrogens with zero attached hydrogens (tertiary/aromatic N) is 12. The number of carboxylic acid groups (broad SMARTS) is 1. The fourth-order valence-corrected chi connectivity index (χ4v) is 9.65. The summed E-state index contributed by atoms with van der Waals surface area (Å²) < 4.78 is 49.5. The summed E-state index contributed by atoms with van der Waals surface area (Å²) in [5, 5.41) is 42.0. The third-order valence-corrected chi connectivity index (χ3v) is 13.8. The predicted octanol–water partition coefficient (Wildman–Crippen LogP) is 5.81. The van der Waals surface area contributed by atoms with Gasteiger partial charge in [0.2, 0.25) is 0 Å². The molecule has 8 heterocycles. The van der Waals surface area contributed by atoms with Crippen molar-refractivity contribution >= 4 is 46.9 Å². The normalized spacial score (nSPS) is 22.9. The van der Waals surface area contributed by atoms with Gasteiger partial charge in [-0.1, -0.05) is 45.7 Å². The second-order valence-electron chi connectivity index (χ2n) is 18.9. The molecular weight excluding hydrogens is 995 g/mol. The molecule has 394 valence electrons. The minimum absolute atomic E-state index is 0.0604. The van der Waals surface area contributed by atoms with Crippen LogP contribution in [0.25, 0.3) is 22.3 Å². The van der Waals surface area contributed by atoms with Gasteiger partial charge in [-0.2, -0.15) is 0 Å². The summed E-state index contributed by atoms with van der Waals surface area (Å²) >= 11 is 0. The summed E-state index contributed by atoms with van der Waals surface area (Å²) in [5.41, 5.74) is 3.83. The first-order valence-corrected chi connectivity index (χ1v) is 24.4. The summed E-state index contributed by atoms with van der Waals surface area (Å²) in [6, 6.07) is 16.0. The number of pyridine rings is 2. The Labute approximate surface area is 431 Å². The van der Waals surface area contributed by atoms with Gasteiger partial charge in [0.05, 0.1) is 79.3 Å². The maximum absolute atomic E-state index is 15.2. The lowest BCUT2D eigenvalue weighted by Crippen LogP contribution is -2.44. The van der Waals surface area contributed by atoms with E-state index in [1.807, 2.05) is 0 Å². The van der Waals surface area contributed by atoms with Gasteiger partial charge in [-0.25, -0.2) is 27.7 Å². The molecule has 2 saturated heterocycles. The molecule has 4 aliphatic heterocycles. The highest BCUT2D eigenvalue weighted by molar-refractivity contribution is 6.00. The Morgan fingerprint density at radius 1 is 0.724 bits per heavy atom. The molecule has 2 N–H and O–H groups in total. The molecule has 6 atom stereocenters. The van der Waals surface area contributed by atoms with Gasteiger partial charge in [0, 0.05) is 59.9 Å². The number of hydrogen-bond donors (Lipinski definition) is 2. The van der Waals surface area contributed by atoms with Crippen molar-refractivity contribution in [2.24, 2.45) is 21.6 Å². The summed E-state index contributed by atoms with van der Waals surface area (Å²) in [6.45, 7) is 2.73. The number of rotatable bonds is 15. The molecule has 3 fully saturated rings. The number of aliphatic hydroxyl groups excluding tert-OH is 1. The van der Waals surface area contributed by atoms with Crippen LogP contribution >= 0.6 is 0 Å². The Kier molecular flexibility index (Phi) is 14.7. The number of aromatic nitrogens is 8. The summed E-state index contributed by atoms with van der Waals surface area (Å²) in [5.74, 6) is -3.30. The number of ether oxygens (including phenoxy) is 3. The van der Waals surface area contributed by atoms with E-state index in [0.717, 1.165) is 12.8 Å². The summed E-state index contributed by atoms with van der Waals surface area (Å²) in [7, 11) is 0. The molecule has 2 aromatic carbocycles. The van der Waals surface area contributed by atoms with E-state index in [1.54, 1.807) is 89.6 Å². The molecule has 2 amide bonds. The molecule has 76 heavy (non-hydrogen) atoms. The van der Waals surface area contributed by atoms with Crippen molar-refractivity contribution in [2.75, 3.05) is 36.1 Å². The van der Waals surface area contributed by atoms with Crippen molar-refractivity contribution < 1.29 is 62.1 Å². The van der Waals surface area contributed by atoms with Crippen LogP contribution in [-0.2, 0) is 46.6 Å². The van der Waals surface area contributed by atoms with Gasteiger partial charge in [0.25, 0.3) is 0 Å². The molecule has 0 radical (unpaired) electrons. The molecule has 1 saturated carbocycles. The van der Waals surface area contributed by atoms with E-state index >= 15 is 4.39 Å². The second-order valence-corrected chi connectivity index (χ2v) is 18.9. The van der Waals surface area contributed by atoms with Gasteiger partial charge in [0.15, 0.2) is 12.2 Å². The molecule has 5 aliphatic rings. The first-order chi connectivity index (χ1) is 36.8. The maximum atomic E-state index is 15.2. The lowest BCUT2D eigenvalue weighted by Gasteiger charge is -2.36. The third-order valence-electron chi connectivity index (χ3n) is 13.8. The van der Waals surface area contributed by atoms with Crippen molar-refractivity contribution in [1.82, 2.24) is 40.0 Å². The van der Waals surface area contributed by atoms with E-state index in [4.69, 9.17) is 29.0 Å². The molecule has 25 heteroatoms. The van der Waals surface area contributed by atoms with E-state index in [2.05, 4.69) is 40.9 Å². The number of benzene rings is 2. The molecule has 11 rings (SSSR count). The minimum Gasteiger partial charge on any atom is -0.481 e. The number of cyclic esters (lactones) is 2. The van der Waals surface area contributed by atoms with E-state index < -0.39 is 65.4 Å². The summed E-state index contributed by atoms with van der Waals surface area (Å²) in [6.07, 6.45) is 9.96. The van der Waals surface area contributed by atoms with Gasteiger partial charge in [-0.05, 0) is 68.3 Å². The topological polar surface area (TPSA) is 273 Å². The lowest BCUT2D eigenvalue weighted by atomic mass is 9.67. The maximum Gasteiger partial charge on any atom is 0.414 e. The van der Waals surface area contributed by atoms with Crippen molar-refractivity contribution in [3.63, 3.8) is 0 Å². The van der Waals surface area contributed by atoms with Crippen LogP contribution in [0.2, 0.25) is 0 Å². The number of anilines is 2. The Balaban J connectivity index is 0.000000182. The number of oxime groups is 2. The van der Waals surface area contributed by atoms with Crippen molar-refractivity contribution in [2.45, 2.75) is 83.0 Å². The molecule has 0 spiro atoms. The van der Waals surface area contributed by atoms with E-state index in [-0.39, 0.29) is 32.4 Å². The number of carbonyl (C=O) groups excluding carboxylic acids is 3. The largest absolute Gasteiger partial charge is 0.481 e. The fourth-order valence-electron chi connectivity index (χ4n) is 9.65. The molecule has 4 aromatic heterocycles. The molecule has 2 unspecified atom stereocenters. The van der Waals surface area contributed by atoms with Crippen LogP contribution in [0.1, 0.15) is 56.8 Å². The zero-order valence-electron chi connectivity index (χ0n) is 40.8. The smallest absolute Gasteiger partial charge is 0.414 e. The van der Waals surface area contributed by atoms with E-state index in [1.165, 1.54) is 34.3 Å². The van der Waals surface area contributed by atoms with Gasteiger partial charge in [-0.15, -0.1) is 10.2 Å². The number of amides is 2. The molecule has 23 nitrogen and oxygen atoms in total. The van der Waals surface area contributed by atoms with Crippen molar-refractivity contribution in [3.8, 4) is 22.3 Å². The highest BCUT2D eigenvalue weighted by Gasteiger charge is 2.48. The van der Waals surface area contributed by atoms with Crippen LogP contribution < -0.4 is 9.80 Å². The average Bonchev–Trinajstić information content (AvgIpc) is 4.31. The van der Waals surface area contributed by atoms with Gasteiger partial charge >= 0.3 is 24.1 Å². The molecular formula is C51H50F2N12O11. The van der Waals surface area contributed by atoms with Crippen LogP contribution in [-0.4, -0.2) is 136 Å². The van der Waals surface area contributed by atoms with E-state index in [9.17, 15) is 28.7 Å². The van der Waals surface area contributed by atoms with Crippen LogP contribution in [0.3, 0.4) is 0 Å². The Morgan fingerprint density at radius 3 is 1.70 bits per heavy atom. The summed E-state index contributed by atoms with van der Waals surface area (Å²) in [4.78, 5) is 71.4. The molecule has 1 aliphatic carbocycles. The standard InChI is InChI=1S/C30H31FN6O7.C21H19FN6O4/c1-30(9-3-2-4-23(30)27(38)39)28(40)42-17-20-13-26(34-44-20)25-8-5-18(14-32-25)22-7-6-19(12-24(22)31)37-16-21(43-29(37)41)15-36-11-10-33-35-36;22-18-7-14(28-11-16(31-21(28)30)10-27-6-5-24-26-27)2-3-17(18)13-1-4-19(23-9-13)20-8-15(12-29)32-25-20/h5-8,10-12,14,20-21,23H,2-4,9,13,15-17H2,1H3,(H,38,39);1-7,9,15-16,29H,8,10-12H2/t20-,21-,23?,30?;15-,16-/m00/s1. The number of aliphatic carboxylic acids is 1. The van der Waals surface area contributed by atoms with Crippen LogP contribution in [0.5, 0.6) is 0 Å². The second kappa shape index (κ2) is 22.0. The zero-order chi connectivity index (χ0) is 52.9. The Bertz CT molecular complexity index is 3150. The third kappa shape index (κ3) is 11.0. The van der Waals surface area contributed by atoms with Crippen molar-refractivity contribution in [1.29, 1.82) is 0 Å². The number of hydrogen-bond acceptors (Lipinski definition) is 18. The van der Waals surface area contributed by atoms with Crippen LogP contribution in [0.15, 0.2) is 108 Å². The van der Waals surface area contributed by atoms with Crippen LogP contribution in [0.4, 0.5) is 29.7 Å². The lowest BCUT2D eigenvalue weighted by molar-refractivity contribution is -0.171. The number of aliphatic hydroxyl groups is 1. The quantitative estimate of drug-likeness (QED) is 0.0907. The first-order valence-electron chi connectivity index (χ1n) is 24.4. The van der Waals surface area contributed by atoms with Gasteiger partial charge in [0.1, 0.15) is 41.9 Å². The minimum atomic E-state index is -1.07. The van der Waals surface area contributed by atoms with Crippen LogP contribution in [0, 0.1) is 23.0 Å². The SMILES string of the molecule is CC1(C(=O)OC[C@@H]2CC(c3ccc(-c4ccc(N5C[C@H](Cn6ccnn6)OC5=O)cc4F)cn3)=NO2)CCCCC1C(=O)O.O=C1O[C@@H](Cn2ccnn2)CN1c1ccc(-c2ccc(C3=NO[C@H](CO)C3)nc2)c(F)c1. The van der Waals surface area contributed by atoms with Crippen molar-refractivity contribution in [3.05, 3.63) is 121 Å². The monoisotopic (exact) mass is 1040 g/mol. The Hall–Kier alpha value is -8.74. The van der Waals surface area contributed by atoms with Gasteiger partial charge in [-0.3, -0.25) is 29.4 Å². The first kappa shape index (κ1) is 50.8. The zero-order valence-corrected chi connectivity index (χ0v) is 40.8. The highest BCUT2D eigenvalue weighted by Crippen LogP contribution is 2.42. The van der Waals surface area contributed by atoms with E-state index in [0.29, 0.717) is 95.2 Å². The molecule has 0 bridgehead atoms. The predicted molar refractivity (Wildman–Crippen MR) is 262 cm³/mol. The number of carbonyl (C=O) groups is 4. The number of halogens is 2. The highest BCUT2D eigenvalue weighted by atomic mass is 19.1. The fraction of sp³-hybridized carbons (Fsp3) is 0.373. The Morgan fingerprint density at radius 2 is 1.25 bits per heavy atom.